The zero-order chi connectivity index (χ0) is 21.4. The smallest absolute Gasteiger partial charge is 0.251 e. The average Bonchev–Trinajstić information content (AvgIpc) is 2.73. The molecule has 0 heterocycles. The first kappa shape index (κ1) is 21.6. The molecule has 0 aliphatic heterocycles. The second-order valence-corrected chi connectivity index (χ2v) is 9.02. The molecular formula is C24H26N2O3S. The van der Waals surface area contributed by atoms with Gasteiger partial charge in [0.15, 0.2) is 0 Å². The molecule has 1 unspecified atom stereocenters. The molecule has 3 rings (SSSR count). The van der Waals surface area contributed by atoms with E-state index in [2.05, 4.69) is 22.2 Å². The number of hydrogen-bond acceptors (Lipinski definition) is 3. The highest BCUT2D eigenvalue weighted by Gasteiger charge is 2.16. The summed E-state index contributed by atoms with van der Waals surface area (Å²) in [6, 6.07) is 26.5. The Labute approximate surface area is 178 Å². The summed E-state index contributed by atoms with van der Waals surface area (Å²) in [7, 11) is -3.41. The normalized spacial score (nSPS) is 12.2. The Morgan fingerprint density at radius 3 is 2.23 bits per heavy atom. The van der Waals surface area contributed by atoms with Gasteiger partial charge in [-0.25, -0.2) is 8.42 Å². The van der Waals surface area contributed by atoms with E-state index in [1.807, 2.05) is 48.5 Å². The highest BCUT2D eigenvalue weighted by Crippen LogP contribution is 2.21. The fourth-order valence-corrected chi connectivity index (χ4v) is 3.90. The van der Waals surface area contributed by atoms with Crippen LogP contribution in [-0.2, 0) is 16.4 Å². The van der Waals surface area contributed by atoms with Gasteiger partial charge in [-0.3, -0.25) is 9.52 Å². The fourth-order valence-electron chi connectivity index (χ4n) is 3.34. The topological polar surface area (TPSA) is 75.3 Å². The van der Waals surface area contributed by atoms with Crippen molar-refractivity contribution >= 4 is 21.6 Å². The largest absolute Gasteiger partial charge is 0.345 e. The molecule has 1 amide bonds. The third kappa shape index (κ3) is 6.74. The molecule has 0 spiro atoms. The van der Waals surface area contributed by atoms with Crippen LogP contribution >= 0.6 is 0 Å². The van der Waals surface area contributed by atoms with Gasteiger partial charge in [-0.15, -0.1) is 0 Å². The van der Waals surface area contributed by atoms with Crippen molar-refractivity contribution in [2.24, 2.45) is 0 Å². The second kappa shape index (κ2) is 10.1. The zero-order valence-corrected chi connectivity index (χ0v) is 17.7. The van der Waals surface area contributed by atoms with Gasteiger partial charge in [0, 0.05) is 11.3 Å². The van der Waals surface area contributed by atoms with Crippen LogP contribution in [-0.4, -0.2) is 20.6 Å². The number of amides is 1. The molecule has 5 nitrogen and oxygen atoms in total. The summed E-state index contributed by atoms with van der Waals surface area (Å²) < 4.78 is 25.3. The van der Waals surface area contributed by atoms with Crippen LogP contribution in [0.25, 0.3) is 0 Å². The lowest BCUT2D eigenvalue weighted by Gasteiger charge is -2.20. The van der Waals surface area contributed by atoms with Crippen LogP contribution in [0.4, 0.5) is 5.69 Å². The number of carbonyl (C=O) groups excluding carboxylic acids is 1. The molecule has 0 aromatic heterocycles. The monoisotopic (exact) mass is 422 g/mol. The molecule has 6 heteroatoms. The quantitative estimate of drug-likeness (QED) is 0.531. The summed E-state index contributed by atoms with van der Waals surface area (Å²) in [6.45, 7) is 0. The van der Waals surface area contributed by atoms with E-state index in [4.69, 9.17) is 0 Å². The summed E-state index contributed by atoms with van der Waals surface area (Å²) in [4.78, 5) is 12.9. The summed E-state index contributed by atoms with van der Waals surface area (Å²) in [5.41, 5.74) is 3.10. The van der Waals surface area contributed by atoms with Crippen LogP contribution in [0.2, 0.25) is 0 Å². The first-order valence-corrected chi connectivity index (χ1v) is 11.8. The highest BCUT2D eigenvalue weighted by atomic mass is 32.2. The minimum absolute atomic E-state index is 0.131. The molecule has 2 N–H and O–H groups in total. The minimum atomic E-state index is -3.41. The van der Waals surface area contributed by atoms with Gasteiger partial charge in [0.1, 0.15) is 0 Å². The van der Waals surface area contributed by atoms with Gasteiger partial charge in [0.25, 0.3) is 5.91 Å². The second-order valence-electron chi connectivity index (χ2n) is 7.27. The zero-order valence-electron chi connectivity index (χ0n) is 16.9. The number of aryl methyl sites for hydroxylation is 1. The Balaban J connectivity index is 1.71. The maximum atomic E-state index is 12.9. The summed E-state index contributed by atoms with van der Waals surface area (Å²) in [5.74, 6) is -0.235. The summed E-state index contributed by atoms with van der Waals surface area (Å²) in [5, 5.41) is 3.11. The first-order chi connectivity index (χ1) is 14.4. The van der Waals surface area contributed by atoms with E-state index < -0.39 is 10.0 Å². The number of benzene rings is 3. The highest BCUT2D eigenvalue weighted by molar-refractivity contribution is 7.92. The van der Waals surface area contributed by atoms with Gasteiger partial charge < -0.3 is 5.32 Å². The van der Waals surface area contributed by atoms with Crippen molar-refractivity contribution in [3.63, 3.8) is 0 Å². The maximum Gasteiger partial charge on any atom is 0.251 e. The number of anilines is 1. The Bertz CT molecular complexity index is 1070. The van der Waals surface area contributed by atoms with Crippen LogP contribution in [0.15, 0.2) is 84.9 Å². The van der Waals surface area contributed by atoms with Crippen LogP contribution in [0.5, 0.6) is 0 Å². The van der Waals surface area contributed by atoms with Gasteiger partial charge in [-0.05, 0) is 48.6 Å². The number of sulfonamides is 1. The molecule has 0 aliphatic carbocycles. The van der Waals surface area contributed by atoms with E-state index in [0.29, 0.717) is 11.3 Å². The first-order valence-electron chi connectivity index (χ1n) is 9.88. The number of rotatable bonds is 9. The molecule has 0 aliphatic rings. The van der Waals surface area contributed by atoms with Crippen molar-refractivity contribution in [3.8, 4) is 0 Å². The molecule has 0 fully saturated rings. The van der Waals surface area contributed by atoms with Gasteiger partial charge in [-0.2, -0.15) is 0 Å². The molecule has 3 aromatic rings. The van der Waals surface area contributed by atoms with Crippen molar-refractivity contribution in [1.29, 1.82) is 0 Å². The van der Waals surface area contributed by atoms with E-state index in [1.54, 1.807) is 24.3 Å². The van der Waals surface area contributed by atoms with E-state index >= 15 is 0 Å². The van der Waals surface area contributed by atoms with E-state index in [1.165, 1.54) is 5.56 Å². The molecule has 3 aromatic carbocycles. The lowest BCUT2D eigenvalue weighted by atomic mass is 9.98. The molecule has 0 saturated heterocycles. The molecule has 0 saturated carbocycles. The van der Waals surface area contributed by atoms with Crippen LogP contribution in [0.1, 0.15) is 40.4 Å². The molecular weight excluding hydrogens is 396 g/mol. The summed E-state index contributed by atoms with van der Waals surface area (Å²) >= 11 is 0. The lowest BCUT2D eigenvalue weighted by molar-refractivity contribution is 0.0934. The number of hydrogen-bond donors (Lipinski definition) is 2. The Morgan fingerprint density at radius 2 is 1.57 bits per heavy atom. The van der Waals surface area contributed by atoms with Gasteiger partial charge >= 0.3 is 0 Å². The molecule has 156 valence electrons. The third-order valence-electron chi connectivity index (χ3n) is 4.74. The Kier molecular flexibility index (Phi) is 7.25. The molecule has 0 bridgehead atoms. The Hall–Kier alpha value is -3.12. The van der Waals surface area contributed by atoms with Gasteiger partial charge in [0.05, 0.1) is 12.3 Å². The van der Waals surface area contributed by atoms with Crippen molar-refractivity contribution in [3.05, 3.63) is 102 Å². The van der Waals surface area contributed by atoms with Crippen molar-refractivity contribution < 1.29 is 13.2 Å². The van der Waals surface area contributed by atoms with E-state index in [0.717, 1.165) is 31.1 Å². The van der Waals surface area contributed by atoms with Gasteiger partial charge in [0.2, 0.25) is 10.0 Å². The maximum absolute atomic E-state index is 12.9. The van der Waals surface area contributed by atoms with Crippen LogP contribution in [0.3, 0.4) is 0 Å². The van der Waals surface area contributed by atoms with Crippen molar-refractivity contribution in [2.75, 3.05) is 11.0 Å². The minimum Gasteiger partial charge on any atom is -0.345 e. The predicted octanol–water partition coefficient (Wildman–Crippen LogP) is 4.55. The number of nitrogens with one attached hydrogen (secondary N) is 2. The summed E-state index contributed by atoms with van der Waals surface area (Å²) in [6.07, 6.45) is 3.75. The predicted molar refractivity (Wildman–Crippen MR) is 121 cm³/mol. The molecule has 30 heavy (non-hydrogen) atoms. The Morgan fingerprint density at radius 1 is 0.900 bits per heavy atom. The number of carbonyl (C=O) groups is 1. The lowest BCUT2D eigenvalue weighted by Crippen LogP contribution is -2.28. The standard InChI is InChI=1S/C24H26N2O3S/c1-30(28,29)26-22-16-9-15-21(18-22)24(27)25-23(20-13-6-3-7-14-20)17-8-12-19-10-4-2-5-11-19/h2-7,9-11,13-16,18,23,26H,8,12,17H2,1H3,(H,25,27). The molecule has 0 radical (unpaired) electrons. The van der Waals surface area contributed by atoms with E-state index in [-0.39, 0.29) is 11.9 Å². The van der Waals surface area contributed by atoms with Gasteiger partial charge in [-0.1, -0.05) is 66.7 Å². The average molecular weight is 423 g/mol. The SMILES string of the molecule is CS(=O)(=O)Nc1cccc(C(=O)NC(CCCc2ccccc2)c2ccccc2)c1. The van der Waals surface area contributed by atoms with Crippen molar-refractivity contribution in [1.82, 2.24) is 5.32 Å². The van der Waals surface area contributed by atoms with Crippen LogP contribution < -0.4 is 10.0 Å². The fraction of sp³-hybridized carbons (Fsp3) is 0.208. The van der Waals surface area contributed by atoms with Crippen LogP contribution in [0, 0.1) is 0 Å². The van der Waals surface area contributed by atoms with Crippen molar-refractivity contribution in [2.45, 2.75) is 25.3 Å². The third-order valence-corrected chi connectivity index (χ3v) is 5.34. The van der Waals surface area contributed by atoms with E-state index in [9.17, 15) is 13.2 Å². The molecule has 1 atom stereocenters.